The Bertz CT molecular complexity index is 1050. The number of fused-ring (bicyclic) bond motifs is 3. The molecule has 2 aromatic carbocycles. The SMILES string of the molecule is O=S(=O)(c1ccc([C@H]2Nc3c(Cl)cccc3[C@H]3C=CC[C@@H]32)cc1)N1CCOCC1. The summed E-state index contributed by atoms with van der Waals surface area (Å²) in [6, 6.07) is 13.4. The Hall–Kier alpha value is -1.86. The number of nitrogens with zero attached hydrogens (tertiary/aromatic N) is 1. The number of morpholine rings is 1. The van der Waals surface area contributed by atoms with E-state index in [9.17, 15) is 8.42 Å². The molecule has 3 atom stereocenters. The molecular weight excluding hydrogens is 408 g/mol. The van der Waals surface area contributed by atoms with Crippen LogP contribution in [0.5, 0.6) is 0 Å². The lowest BCUT2D eigenvalue weighted by molar-refractivity contribution is 0.0730. The smallest absolute Gasteiger partial charge is 0.243 e. The molecule has 1 aliphatic carbocycles. The van der Waals surface area contributed by atoms with Crippen molar-refractivity contribution in [3.05, 3.63) is 70.8 Å². The van der Waals surface area contributed by atoms with E-state index in [0.29, 0.717) is 43.0 Å². The molecule has 0 radical (unpaired) electrons. The Morgan fingerprint density at radius 3 is 2.59 bits per heavy atom. The van der Waals surface area contributed by atoms with Crippen molar-refractivity contribution in [3.8, 4) is 0 Å². The van der Waals surface area contributed by atoms with Gasteiger partial charge in [0.1, 0.15) is 0 Å². The first-order chi connectivity index (χ1) is 14.1. The molecule has 0 unspecified atom stereocenters. The first-order valence-corrected chi connectivity index (χ1v) is 11.8. The maximum atomic E-state index is 12.9. The van der Waals surface area contributed by atoms with E-state index in [1.807, 2.05) is 24.3 Å². The van der Waals surface area contributed by atoms with Gasteiger partial charge in [-0.2, -0.15) is 4.31 Å². The van der Waals surface area contributed by atoms with E-state index in [2.05, 4.69) is 23.5 Å². The van der Waals surface area contributed by atoms with E-state index in [-0.39, 0.29) is 6.04 Å². The van der Waals surface area contributed by atoms with Gasteiger partial charge in [-0.1, -0.05) is 48.0 Å². The van der Waals surface area contributed by atoms with Gasteiger partial charge in [-0.05, 0) is 41.7 Å². The largest absolute Gasteiger partial charge is 0.379 e. The number of ether oxygens (including phenoxy) is 1. The molecule has 2 aliphatic heterocycles. The van der Waals surface area contributed by atoms with Gasteiger partial charge < -0.3 is 10.1 Å². The van der Waals surface area contributed by atoms with Gasteiger partial charge >= 0.3 is 0 Å². The summed E-state index contributed by atoms with van der Waals surface area (Å²) in [5.74, 6) is 0.717. The Balaban J connectivity index is 1.45. The van der Waals surface area contributed by atoms with Gasteiger partial charge in [0.25, 0.3) is 0 Å². The zero-order chi connectivity index (χ0) is 20.0. The van der Waals surface area contributed by atoms with Crippen LogP contribution in [0.1, 0.15) is 29.5 Å². The van der Waals surface area contributed by atoms with Gasteiger partial charge in [-0.25, -0.2) is 8.42 Å². The number of hydrogen-bond acceptors (Lipinski definition) is 4. The molecule has 1 N–H and O–H groups in total. The molecule has 2 aromatic rings. The molecule has 3 aliphatic rings. The number of para-hydroxylation sites is 1. The fourth-order valence-electron chi connectivity index (χ4n) is 4.70. The van der Waals surface area contributed by atoms with E-state index < -0.39 is 10.0 Å². The summed E-state index contributed by atoms with van der Waals surface area (Å²) in [6.07, 6.45) is 5.49. The topological polar surface area (TPSA) is 58.6 Å². The molecule has 152 valence electrons. The number of rotatable bonds is 3. The van der Waals surface area contributed by atoms with Crippen LogP contribution < -0.4 is 5.32 Å². The van der Waals surface area contributed by atoms with Crippen LogP contribution in [0.2, 0.25) is 5.02 Å². The number of benzene rings is 2. The molecular formula is C22H23ClN2O3S. The van der Waals surface area contributed by atoms with Crippen LogP contribution >= 0.6 is 11.6 Å². The highest BCUT2D eigenvalue weighted by atomic mass is 35.5. The average molecular weight is 431 g/mol. The second-order valence-electron chi connectivity index (χ2n) is 7.77. The van der Waals surface area contributed by atoms with Gasteiger partial charge in [-0.15, -0.1) is 0 Å². The molecule has 0 saturated carbocycles. The zero-order valence-electron chi connectivity index (χ0n) is 15.9. The molecule has 5 nitrogen and oxygen atoms in total. The van der Waals surface area contributed by atoms with Gasteiger partial charge in [0.2, 0.25) is 10.0 Å². The highest BCUT2D eigenvalue weighted by molar-refractivity contribution is 7.89. The third kappa shape index (κ3) is 3.28. The maximum absolute atomic E-state index is 12.9. The van der Waals surface area contributed by atoms with Crippen LogP contribution in [-0.2, 0) is 14.8 Å². The van der Waals surface area contributed by atoms with E-state index in [1.165, 1.54) is 9.87 Å². The molecule has 7 heteroatoms. The van der Waals surface area contributed by atoms with Crippen molar-refractivity contribution in [2.45, 2.75) is 23.3 Å². The number of allylic oxidation sites excluding steroid dienone is 2. The monoisotopic (exact) mass is 430 g/mol. The van der Waals surface area contributed by atoms with E-state index in [1.54, 1.807) is 12.1 Å². The first kappa shape index (κ1) is 19.1. The fraction of sp³-hybridized carbons (Fsp3) is 0.364. The van der Waals surface area contributed by atoms with Crippen LogP contribution in [0.4, 0.5) is 5.69 Å². The Kier molecular flexibility index (Phi) is 4.90. The van der Waals surface area contributed by atoms with Crippen molar-refractivity contribution in [3.63, 3.8) is 0 Å². The fourth-order valence-corrected chi connectivity index (χ4v) is 6.34. The van der Waals surface area contributed by atoms with Crippen LogP contribution in [0, 0.1) is 5.92 Å². The molecule has 0 bridgehead atoms. The van der Waals surface area contributed by atoms with Crippen molar-refractivity contribution in [2.75, 3.05) is 31.6 Å². The normalized spacial score (nSPS) is 26.6. The second kappa shape index (κ2) is 7.43. The predicted octanol–water partition coefficient (Wildman–Crippen LogP) is 4.19. The number of nitrogens with one attached hydrogen (secondary N) is 1. The lowest BCUT2D eigenvalue weighted by Gasteiger charge is -2.38. The average Bonchev–Trinajstić information content (AvgIpc) is 3.25. The van der Waals surface area contributed by atoms with Gasteiger partial charge in [0.15, 0.2) is 0 Å². The Morgan fingerprint density at radius 1 is 1.07 bits per heavy atom. The summed E-state index contributed by atoms with van der Waals surface area (Å²) in [6.45, 7) is 1.69. The summed E-state index contributed by atoms with van der Waals surface area (Å²) in [4.78, 5) is 0.332. The molecule has 0 amide bonds. The summed E-state index contributed by atoms with van der Waals surface area (Å²) >= 11 is 6.47. The van der Waals surface area contributed by atoms with Crippen molar-refractivity contribution in [1.29, 1.82) is 0 Å². The summed E-state index contributed by atoms with van der Waals surface area (Å²) in [7, 11) is -3.48. The third-order valence-electron chi connectivity index (χ3n) is 6.19. The molecule has 1 saturated heterocycles. The lowest BCUT2D eigenvalue weighted by atomic mass is 9.77. The molecule has 0 aromatic heterocycles. The van der Waals surface area contributed by atoms with Crippen LogP contribution in [-0.4, -0.2) is 39.0 Å². The zero-order valence-corrected chi connectivity index (χ0v) is 17.5. The Morgan fingerprint density at radius 2 is 1.83 bits per heavy atom. The lowest BCUT2D eigenvalue weighted by Crippen LogP contribution is -2.40. The summed E-state index contributed by atoms with van der Waals surface area (Å²) in [5, 5.41) is 4.35. The van der Waals surface area contributed by atoms with Crippen LogP contribution in [0.3, 0.4) is 0 Å². The molecule has 0 spiro atoms. The third-order valence-corrected chi connectivity index (χ3v) is 8.42. The minimum Gasteiger partial charge on any atom is -0.379 e. The van der Waals surface area contributed by atoms with Crippen molar-refractivity contribution >= 4 is 27.3 Å². The molecule has 2 heterocycles. The first-order valence-electron chi connectivity index (χ1n) is 9.95. The number of hydrogen-bond donors (Lipinski definition) is 1. The standard InChI is InChI=1S/C22H23ClN2O3S/c23-20-6-2-5-19-17-3-1-4-18(17)21(24-22(19)20)15-7-9-16(10-8-15)29(26,27)25-11-13-28-14-12-25/h1-3,5-10,17-18,21,24H,4,11-14H2/t17-,18-,21+/m0/s1. The number of anilines is 1. The Labute approximate surface area is 176 Å². The molecule has 1 fully saturated rings. The number of halogens is 1. The van der Waals surface area contributed by atoms with E-state index in [0.717, 1.165) is 22.7 Å². The van der Waals surface area contributed by atoms with E-state index in [4.69, 9.17) is 16.3 Å². The van der Waals surface area contributed by atoms with Crippen molar-refractivity contribution in [2.24, 2.45) is 5.92 Å². The van der Waals surface area contributed by atoms with Crippen molar-refractivity contribution in [1.82, 2.24) is 4.31 Å². The maximum Gasteiger partial charge on any atom is 0.243 e. The van der Waals surface area contributed by atoms with Gasteiger partial charge in [0.05, 0.1) is 34.9 Å². The molecule has 29 heavy (non-hydrogen) atoms. The highest BCUT2D eigenvalue weighted by Crippen LogP contribution is 2.51. The van der Waals surface area contributed by atoms with Gasteiger partial charge in [0, 0.05) is 19.0 Å². The molecule has 5 rings (SSSR count). The minimum atomic E-state index is -3.48. The highest BCUT2D eigenvalue weighted by Gasteiger charge is 2.38. The number of sulfonamides is 1. The second-order valence-corrected chi connectivity index (χ2v) is 10.1. The van der Waals surface area contributed by atoms with E-state index >= 15 is 0 Å². The summed E-state index contributed by atoms with van der Waals surface area (Å²) < 4.78 is 32.6. The summed E-state index contributed by atoms with van der Waals surface area (Å²) in [5.41, 5.74) is 3.30. The van der Waals surface area contributed by atoms with Gasteiger partial charge in [-0.3, -0.25) is 0 Å². The minimum absolute atomic E-state index is 0.0857. The van der Waals surface area contributed by atoms with Crippen LogP contribution in [0.15, 0.2) is 59.5 Å². The quantitative estimate of drug-likeness (QED) is 0.742. The van der Waals surface area contributed by atoms with Crippen LogP contribution in [0.25, 0.3) is 0 Å². The predicted molar refractivity (Wildman–Crippen MR) is 114 cm³/mol. The van der Waals surface area contributed by atoms with Crippen molar-refractivity contribution < 1.29 is 13.2 Å².